The number of fused-ring (bicyclic) bond motifs is 1. The van der Waals surface area contributed by atoms with Crippen LogP contribution in [0.2, 0.25) is 0 Å². The summed E-state index contributed by atoms with van der Waals surface area (Å²) >= 11 is 0. The number of aromatic nitrogens is 2. The van der Waals surface area contributed by atoms with Crippen LogP contribution in [0.4, 0.5) is 0 Å². The Kier molecular flexibility index (Phi) is 3.65. The van der Waals surface area contributed by atoms with Crippen LogP contribution < -0.4 is 0 Å². The van der Waals surface area contributed by atoms with Crippen LogP contribution in [0, 0.1) is 6.92 Å². The number of rotatable bonds is 3. The van der Waals surface area contributed by atoms with Gasteiger partial charge in [-0.05, 0) is 30.2 Å². The van der Waals surface area contributed by atoms with Gasteiger partial charge in [-0.15, -0.1) is 0 Å². The van der Waals surface area contributed by atoms with Crippen LogP contribution in [0.1, 0.15) is 11.4 Å². The predicted molar refractivity (Wildman–Crippen MR) is 88.5 cm³/mol. The molecule has 0 saturated carbocycles. The van der Waals surface area contributed by atoms with E-state index in [0.29, 0.717) is 0 Å². The number of para-hydroxylation sites is 1. The van der Waals surface area contributed by atoms with Crippen molar-refractivity contribution >= 4 is 16.7 Å². The maximum absolute atomic E-state index is 4.67. The summed E-state index contributed by atoms with van der Waals surface area (Å²) in [5.74, 6) is 0.965. The minimum Gasteiger partial charge on any atom is -0.342 e. The molecule has 1 aliphatic carbocycles. The van der Waals surface area contributed by atoms with Crippen LogP contribution in [0.15, 0.2) is 71.9 Å². The zero-order valence-corrected chi connectivity index (χ0v) is 12.0. The number of benzene rings is 1. The van der Waals surface area contributed by atoms with Crippen molar-refractivity contribution in [1.82, 2.24) is 9.97 Å². The second-order valence-corrected chi connectivity index (χ2v) is 4.93. The monoisotopic (exact) mass is 275 g/mol. The van der Waals surface area contributed by atoms with E-state index >= 15 is 0 Å². The molecule has 0 amide bonds. The van der Waals surface area contributed by atoms with Gasteiger partial charge in [-0.1, -0.05) is 43.0 Å². The van der Waals surface area contributed by atoms with Crippen LogP contribution in [-0.4, -0.2) is 15.7 Å². The van der Waals surface area contributed by atoms with Gasteiger partial charge in [0.1, 0.15) is 5.82 Å². The van der Waals surface area contributed by atoms with E-state index in [0.717, 1.165) is 34.6 Å². The SMILES string of the molecule is C=CN=C1C=CC=C/C1=C/Cc1nc2c(C)cccc2[nH]1. The number of aryl methyl sites for hydroxylation is 1. The van der Waals surface area contributed by atoms with E-state index < -0.39 is 0 Å². The highest BCUT2D eigenvalue weighted by Gasteiger charge is 2.06. The molecule has 1 aliphatic rings. The molecule has 0 bridgehead atoms. The summed E-state index contributed by atoms with van der Waals surface area (Å²) in [5.41, 5.74) is 5.35. The van der Waals surface area contributed by atoms with Gasteiger partial charge >= 0.3 is 0 Å². The molecule has 0 radical (unpaired) electrons. The Balaban J connectivity index is 1.88. The summed E-state index contributed by atoms with van der Waals surface area (Å²) in [6.07, 6.45) is 12.5. The Morgan fingerprint density at radius 3 is 2.95 bits per heavy atom. The smallest absolute Gasteiger partial charge is 0.111 e. The average Bonchev–Trinajstić information content (AvgIpc) is 2.91. The molecule has 0 spiro atoms. The second kappa shape index (κ2) is 5.75. The van der Waals surface area contributed by atoms with E-state index in [1.165, 1.54) is 5.56 Å². The highest BCUT2D eigenvalue weighted by Crippen LogP contribution is 2.17. The van der Waals surface area contributed by atoms with Crippen LogP contribution in [0.25, 0.3) is 11.0 Å². The van der Waals surface area contributed by atoms with Crippen LogP contribution in [0.3, 0.4) is 0 Å². The minimum absolute atomic E-state index is 0.748. The zero-order valence-electron chi connectivity index (χ0n) is 12.0. The molecule has 3 nitrogen and oxygen atoms in total. The maximum atomic E-state index is 4.67. The van der Waals surface area contributed by atoms with Gasteiger partial charge in [0, 0.05) is 12.6 Å². The quantitative estimate of drug-likeness (QED) is 0.902. The Labute approximate surface area is 124 Å². The molecule has 0 aliphatic heterocycles. The first-order valence-electron chi connectivity index (χ1n) is 6.96. The van der Waals surface area contributed by atoms with Crippen molar-refractivity contribution in [3.8, 4) is 0 Å². The summed E-state index contributed by atoms with van der Waals surface area (Å²) in [5, 5.41) is 0. The van der Waals surface area contributed by atoms with Crippen molar-refractivity contribution in [1.29, 1.82) is 0 Å². The lowest BCUT2D eigenvalue weighted by Gasteiger charge is -2.05. The lowest BCUT2D eigenvalue weighted by molar-refractivity contribution is 1.07. The number of nitrogens with zero attached hydrogens (tertiary/aromatic N) is 2. The molecule has 2 aromatic rings. The number of hydrogen-bond acceptors (Lipinski definition) is 2. The first kappa shape index (κ1) is 13.3. The Hall–Kier alpha value is -2.68. The van der Waals surface area contributed by atoms with E-state index in [-0.39, 0.29) is 0 Å². The highest BCUT2D eigenvalue weighted by atomic mass is 14.9. The predicted octanol–water partition coefficient (Wildman–Crippen LogP) is 4.05. The number of allylic oxidation sites excluding steroid dienone is 6. The standard InChI is InChI=1S/C18H17N3/c1-3-19-15-9-5-4-8-14(15)11-12-17-20-16-10-6-7-13(2)18(16)21-17/h3-11H,1,12H2,2H3,(H,20,21)/b14-11-,19-15?. The number of imidazole rings is 1. The van der Waals surface area contributed by atoms with E-state index in [4.69, 9.17) is 0 Å². The third kappa shape index (κ3) is 2.77. The van der Waals surface area contributed by atoms with Gasteiger partial charge in [-0.3, -0.25) is 4.99 Å². The fourth-order valence-electron chi connectivity index (χ4n) is 2.41. The van der Waals surface area contributed by atoms with Gasteiger partial charge in [0.2, 0.25) is 0 Å². The maximum Gasteiger partial charge on any atom is 0.111 e. The topological polar surface area (TPSA) is 41.0 Å². The molecule has 0 unspecified atom stereocenters. The lowest BCUT2D eigenvalue weighted by Crippen LogP contribution is -2.00. The zero-order chi connectivity index (χ0) is 14.7. The van der Waals surface area contributed by atoms with E-state index in [2.05, 4.69) is 52.7 Å². The molecule has 3 rings (SSSR count). The molecular formula is C18H17N3. The summed E-state index contributed by atoms with van der Waals surface area (Å²) in [6, 6.07) is 6.18. The van der Waals surface area contributed by atoms with Gasteiger partial charge in [0.05, 0.1) is 16.7 Å². The first-order valence-corrected chi connectivity index (χ1v) is 6.96. The molecule has 1 N–H and O–H groups in total. The molecule has 0 saturated heterocycles. The first-order chi connectivity index (χ1) is 10.3. The summed E-state index contributed by atoms with van der Waals surface area (Å²) in [7, 11) is 0. The van der Waals surface area contributed by atoms with Gasteiger partial charge in [-0.25, -0.2) is 4.98 Å². The summed E-state index contributed by atoms with van der Waals surface area (Å²) < 4.78 is 0. The number of nitrogens with one attached hydrogen (secondary N) is 1. The molecule has 0 atom stereocenters. The van der Waals surface area contributed by atoms with Gasteiger partial charge < -0.3 is 4.98 Å². The third-order valence-electron chi connectivity index (χ3n) is 3.45. The largest absolute Gasteiger partial charge is 0.342 e. The van der Waals surface area contributed by atoms with Crippen molar-refractivity contribution in [2.45, 2.75) is 13.3 Å². The molecule has 104 valence electrons. The molecule has 0 fully saturated rings. The fourth-order valence-corrected chi connectivity index (χ4v) is 2.41. The van der Waals surface area contributed by atoms with Crippen molar-refractivity contribution in [3.63, 3.8) is 0 Å². The highest BCUT2D eigenvalue weighted by molar-refractivity contribution is 6.11. The van der Waals surface area contributed by atoms with Crippen LogP contribution in [-0.2, 0) is 6.42 Å². The lowest BCUT2D eigenvalue weighted by atomic mass is 10.0. The Bertz CT molecular complexity index is 801. The van der Waals surface area contributed by atoms with Crippen LogP contribution in [0.5, 0.6) is 0 Å². The second-order valence-electron chi connectivity index (χ2n) is 4.93. The molecule has 21 heavy (non-hydrogen) atoms. The number of hydrogen-bond donors (Lipinski definition) is 1. The summed E-state index contributed by atoms with van der Waals surface area (Å²) in [6.45, 7) is 5.73. The Morgan fingerprint density at radius 1 is 1.29 bits per heavy atom. The van der Waals surface area contributed by atoms with Gasteiger partial charge in [0.25, 0.3) is 0 Å². The van der Waals surface area contributed by atoms with Crippen molar-refractivity contribution in [2.75, 3.05) is 0 Å². The summed E-state index contributed by atoms with van der Waals surface area (Å²) in [4.78, 5) is 12.3. The fraction of sp³-hybridized carbons (Fsp3) is 0.111. The van der Waals surface area contributed by atoms with Crippen molar-refractivity contribution in [3.05, 3.63) is 78.3 Å². The Morgan fingerprint density at radius 2 is 2.14 bits per heavy atom. The third-order valence-corrected chi connectivity index (χ3v) is 3.45. The average molecular weight is 275 g/mol. The van der Waals surface area contributed by atoms with E-state index in [1.807, 2.05) is 24.3 Å². The molecule has 1 aromatic carbocycles. The molecule has 1 heterocycles. The van der Waals surface area contributed by atoms with Crippen LogP contribution >= 0.6 is 0 Å². The minimum atomic E-state index is 0.748. The molecule has 1 aromatic heterocycles. The molecular weight excluding hydrogens is 258 g/mol. The normalized spacial score (nSPS) is 18.0. The van der Waals surface area contributed by atoms with Gasteiger partial charge in [-0.2, -0.15) is 0 Å². The van der Waals surface area contributed by atoms with E-state index in [1.54, 1.807) is 6.20 Å². The van der Waals surface area contributed by atoms with E-state index in [9.17, 15) is 0 Å². The van der Waals surface area contributed by atoms with Gasteiger partial charge in [0.15, 0.2) is 0 Å². The van der Waals surface area contributed by atoms with Crippen molar-refractivity contribution < 1.29 is 0 Å². The number of H-pyrrole nitrogens is 1. The molecule has 3 heteroatoms. The number of aliphatic imine (C=N–C) groups is 1. The number of aromatic amines is 1. The van der Waals surface area contributed by atoms with Crippen molar-refractivity contribution in [2.24, 2.45) is 4.99 Å².